The SMILES string of the molecule is CC(C)C[C@H](NC(=O)C[C@H](O)[C@H](CC(C)C)NC(=O)[C@H](CCCCN=C(N)N[N+](=O)[O-])NC(=O)C(Cc1cccc2ccccc12)Cc1cccc2ccccc12)C(=O)NCc1ccccc1. The number of amides is 4. The number of carbonyl (C=O) groups excluding carboxylic acids is 4. The van der Waals surface area contributed by atoms with Crippen LogP contribution in [0.25, 0.3) is 21.5 Å². The molecule has 0 aromatic heterocycles. The van der Waals surface area contributed by atoms with Crippen LogP contribution in [0, 0.1) is 27.9 Å². The first kappa shape index (κ1) is 51.1. The monoisotopic (exact) mass is 915 g/mol. The van der Waals surface area contributed by atoms with Gasteiger partial charge in [-0.2, -0.15) is 0 Å². The minimum absolute atomic E-state index is 0.00428. The summed E-state index contributed by atoms with van der Waals surface area (Å²) in [6.45, 7) is 8.20. The van der Waals surface area contributed by atoms with Crippen molar-refractivity contribution in [3.63, 3.8) is 0 Å². The molecule has 67 heavy (non-hydrogen) atoms. The van der Waals surface area contributed by atoms with Gasteiger partial charge in [0.15, 0.2) is 5.03 Å². The molecule has 5 aromatic rings. The van der Waals surface area contributed by atoms with Crippen molar-refractivity contribution in [1.29, 1.82) is 0 Å². The first-order valence-electron chi connectivity index (χ1n) is 23.2. The summed E-state index contributed by atoms with van der Waals surface area (Å²) in [4.78, 5) is 71.0. The van der Waals surface area contributed by atoms with Gasteiger partial charge in [-0.25, -0.2) is 15.1 Å². The maximum Gasteiger partial charge on any atom is 0.251 e. The van der Waals surface area contributed by atoms with Crippen molar-refractivity contribution in [3.05, 3.63) is 142 Å². The maximum absolute atomic E-state index is 14.8. The zero-order valence-electron chi connectivity index (χ0n) is 39.0. The second-order valence-electron chi connectivity index (χ2n) is 18.0. The van der Waals surface area contributed by atoms with E-state index in [1.54, 1.807) is 0 Å². The van der Waals surface area contributed by atoms with Crippen molar-refractivity contribution in [2.24, 2.45) is 28.5 Å². The number of carbonyl (C=O) groups is 4. The molecule has 0 aliphatic heterocycles. The molecule has 0 bridgehead atoms. The van der Waals surface area contributed by atoms with E-state index in [9.17, 15) is 34.4 Å². The predicted molar refractivity (Wildman–Crippen MR) is 263 cm³/mol. The number of hydrazine groups is 1. The van der Waals surface area contributed by atoms with Crippen LogP contribution in [-0.4, -0.2) is 70.5 Å². The van der Waals surface area contributed by atoms with Gasteiger partial charge < -0.3 is 32.1 Å². The zero-order valence-corrected chi connectivity index (χ0v) is 39.0. The lowest BCUT2D eigenvalue weighted by atomic mass is 9.87. The Kier molecular flexibility index (Phi) is 19.6. The highest BCUT2D eigenvalue weighted by Crippen LogP contribution is 2.27. The summed E-state index contributed by atoms with van der Waals surface area (Å²) in [5.41, 5.74) is 10.3. The van der Waals surface area contributed by atoms with E-state index in [1.165, 1.54) is 0 Å². The van der Waals surface area contributed by atoms with E-state index >= 15 is 0 Å². The second kappa shape index (κ2) is 25.7. The molecule has 0 radical (unpaired) electrons. The van der Waals surface area contributed by atoms with Crippen LogP contribution < -0.4 is 32.4 Å². The molecule has 0 aliphatic rings. The molecule has 5 aromatic carbocycles. The third kappa shape index (κ3) is 16.5. The summed E-state index contributed by atoms with van der Waals surface area (Å²) in [5.74, 6) is -2.63. The van der Waals surface area contributed by atoms with Crippen LogP contribution in [0.5, 0.6) is 0 Å². The van der Waals surface area contributed by atoms with Crippen LogP contribution in [0.3, 0.4) is 0 Å². The van der Waals surface area contributed by atoms with Crippen LogP contribution in [0.1, 0.15) is 82.9 Å². The van der Waals surface area contributed by atoms with Crippen molar-refractivity contribution in [2.75, 3.05) is 6.54 Å². The molecular weight excluding hydrogens is 849 g/mol. The Morgan fingerprint density at radius 2 is 1.24 bits per heavy atom. The molecule has 0 heterocycles. The summed E-state index contributed by atoms with van der Waals surface area (Å²) in [5, 5.41) is 37.6. The molecule has 8 N–H and O–H groups in total. The Balaban J connectivity index is 1.37. The number of nitrogens with one attached hydrogen (secondary N) is 5. The van der Waals surface area contributed by atoms with Crippen molar-refractivity contribution in [1.82, 2.24) is 26.7 Å². The number of aliphatic hydroxyl groups is 1. The molecule has 0 aliphatic carbocycles. The number of aliphatic imine (C=N–C) groups is 1. The molecule has 5 rings (SSSR count). The van der Waals surface area contributed by atoms with E-state index in [0.717, 1.165) is 38.2 Å². The van der Waals surface area contributed by atoms with Crippen LogP contribution in [0.2, 0.25) is 0 Å². The van der Waals surface area contributed by atoms with Crippen LogP contribution in [0.4, 0.5) is 0 Å². The van der Waals surface area contributed by atoms with Gasteiger partial charge in [0.2, 0.25) is 23.6 Å². The highest BCUT2D eigenvalue weighted by atomic mass is 16.7. The number of nitrogens with zero attached hydrogens (tertiary/aromatic N) is 2. The normalized spacial score (nSPS) is 13.5. The predicted octanol–water partition coefficient (Wildman–Crippen LogP) is 6.27. The lowest BCUT2D eigenvalue weighted by molar-refractivity contribution is -0.525. The molecule has 0 fully saturated rings. The summed E-state index contributed by atoms with van der Waals surface area (Å²) >= 11 is 0. The van der Waals surface area contributed by atoms with E-state index in [4.69, 9.17) is 5.73 Å². The first-order valence-corrected chi connectivity index (χ1v) is 23.2. The fourth-order valence-corrected chi connectivity index (χ4v) is 8.38. The lowest BCUT2D eigenvalue weighted by Crippen LogP contribution is -2.55. The van der Waals surface area contributed by atoms with Crippen molar-refractivity contribution >= 4 is 51.1 Å². The van der Waals surface area contributed by atoms with E-state index in [0.29, 0.717) is 45.1 Å². The maximum atomic E-state index is 14.8. The van der Waals surface area contributed by atoms with Gasteiger partial charge in [-0.3, -0.25) is 19.2 Å². The molecular formula is C52H66N8O7. The molecule has 0 saturated heterocycles. The van der Waals surface area contributed by atoms with Gasteiger partial charge in [-0.15, -0.1) is 0 Å². The standard InChI is InChI=1S/C52H66N8O7/c1-34(2)28-45(47(61)32-48(62)56-46(29-35(3)4)50(64)55-33-36-16-6-5-7-17-36)58-51(65)44(26-12-13-27-54-52(53)59-60(66)67)57-49(63)41(30-39-22-14-20-37-18-8-10-24-42(37)39)31-40-23-15-21-38-19-9-11-25-43(38)40/h5-11,14-25,34-35,41,44-47,61H,12-13,26-33H2,1-4H3,(H,55,64)(H,56,62)(H,57,63)(H,58,65)(H3,53,54,59)/t44-,45-,46-,47-/m0/s1. The Bertz CT molecular complexity index is 2370. The van der Waals surface area contributed by atoms with E-state index in [-0.39, 0.29) is 49.0 Å². The number of rotatable bonds is 25. The summed E-state index contributed by atoms with van der Waals surface area (Å²) < 4.78 is 0. The largest absolute Gasteiger partial charge is 0.390 e. The van der Waals surface area contributed by atoms with Gasteiger partial charge in [0.05, 0.1) is 18.6 Å². The third-order valence-electron chi connectivity index (χ3n) is 11.7. The van der Waals surface area contributed by atoms with Crippen molar-refractivity contribution in [2.45, 2.75) is 110 Å². The topological polar surface area (TPSA) is 230 Å². The van der Waals surface area contributed by atoms with Gasteiger partial charge in [0.25, 0.3) is 5.96 Å². The highest BCUT2D eigenvalue weighted by Gasteiger charge is 2.32. The smallest absolute Gasteiger partial charge is 0.251 e. The molecule has 0 spiro atoms. The highest BCUT2D eigenvalue weighted by molar-refractivity contribution is 5.92. The van der Waals surface area contributed by atoms with Gasteiger partial charge in [0, 0.05) is 19.0 Å². The Hall–Kier alpha value is -6.87. The number of benzene rings is 5. The molecule has 0 saturated carbocycles. The fraction of sp³-hybridized carbons (Fsp3) is 0.404. The van der Waals surface area contributed by atoms with Gasteiger partial charge in [0.1, 0.15) is 12.1 Å². The number of unbranched alkanes of at least 4 members (excludes halogenated alkanes) is 1. The van der Waals surface area contributed by atoms with Gasteiger partial charge >= 0.3 is 0 Å². The van der Waals surface area contributed by atoms with E-state index in [1.807, 2.05) is 148 Å². The van der Waals surface area contributed by atoms with Gasteiger partial charge in [-0.05, 0) is 95.0 Å². The number of nitrogens with two attached hydrogens (primary N) is 1. The molecule has 0 unspecified atom stereocenters. The van der Waals surface area contributed by atoms with Crippen LogP contribution >= 0.6 is 0 Å². The Labute approximate surface area is 392 Å². The lowest BCUT2D eigenvalue weighted by Gasteiger charge is -2.29. The van der Waals surface area contributed by atoms with Gasteiger partial charge in [-0.1, -0.05) is 148 Å². The molecule has 15 nitrogen and oxygen atoms in total. The minimum Gasteiger partial charge on any atom is -0.390 e. The minimum atomic E-state index is -1.33. The van der Waals surface area contributed by atoms with Crippen LogP contribution in [0.15, 0.2) is 120 Å². The number of nitro groups is 1. The number of hydrogen-bond acceptors (Lipinski definition) is 8. The fourth-order valence-electron chi connectivity index (χ4n) is 8.38. The number of aliphatic hydroxyl groups excluding tert-OH is 1. The van der Waals surface area contributed by atoms with E-state index in [2.05, 4.69) is 26.3 Å². The molecule has 356 valence electrons. The number of fused-ring (bicyclic) bond motifs is 2. The second-order valence-corrected chi connectivity index (χ2v) is 18.0. The van der Waals surface area contributed by atoms with E-state index < -0.39 is 47.0 Å². The third-order valence-corrected chi connectivity index (χ3v) is 11.7. The van der Waals surface area contributed by atoms with Crippen LogP contribution in [-0.2, 0) is 38.6 Å². The average Bonchev–Trinajstić information content (AvgIpc) is 3.29. The molecule has 15 heteroatoms. The number of guanidine groups is 1. The zero-order chi connectivity index (χ0) is 48.3. The first-order chi connectivity index (χ1) is 32.2. The molecule has 4 atom stereocenters. The average molecular weight is 915 g/mol. The molecule has 4 amide bonds. The van der Waals surface area contributed by atoms with Crippen molar-refractivity contribution < 1.29 is 29.3 Å². The summed E-state index contributed by atoms with van der Waals surface area (Å²) in [6, 6.07) is 34.7. The quantitative estimate of drug-likeness (QED) is 0.0115. The Morgan fingerprint density at radius 3 is 1.82 bits per heavy atom. The van der Waals surface area contributed by atoms with Crippen molar-refractivity contribution in [3.8, 4) is 0 Å². The summed E-state index contributed by atoms with van der Waals surface area (Å²) in [7, 11) is 0. The Morgan fingerprint density at radius 1 is 0.672 bits per heavy atom. The number of hydrogen-bond donors (Lipinski definition) is 7. The summed E-state index contributed by atoms with van der Waals surface area (Å²) in [6.07, 6.45) is 0.695.